The molecule has 7 nitrogen and oxygen atoms in total. The third kappa shape index (κ3) is 3.97. The van der Waals surface area contributed by atoms with E-state index in [-0.39, 0.29) is 16.7 Å². The van der Waals surface area contributed by atoms with E-state index in [4.69, 9.17) is 21.0 Å². The van der Waals surface area contributed by atoms with E-state index in [9.17, 15) is 14.7 Å². The molecule has 6 rings (SSSR count). The molecule has 1 unspecified atom stereocenters. The van der Waals surface area contributed by atoms with E-state index in [0.717, 1.165) is 15.8 Å². The van der Waals surface area contributed by atoms with Crippen LogP contribution in [0.3, 0.4) is 0 Å². The Hall–Kier alpha value is -4.01. The van der Waals surface area contributed by atoms with Gasteiger partial charge in [0.2, 0.25) is 5.78 Å². The van der Waals surface area contributed by atoms with Crippen molar-refractivity contribution < 1.29 is 19.1 Å². The third-order valence-corrected chi connectivity index (χ3v) is 7.86. The van der Waals surface area contributed by atoms with E-state index < -0.39 is 23.5 Å². The number of halogens is 1. The minimum Gasteiger partial charge on any atom is -0.503 e. The van der Waals surface area contributed by atoms with Gasteiger partial charge in [-0.3, -0.25) is 19.5 Å². The summed E-state index contributed by atoms with van der Waals surface area (Å²) in [6, 6.07) is 15.1. The van der Waals surface area contributed by atoms with E-state index in [1.165, 1.54) is 16.2 Å². The number of aliphatic hydroxyl groups excluding tert-OH is 1. The first kappa shape index (κ1) is 24.3. The van der Waals surface area contributed by atoms with Crippen LogP contribution in [0, 0.1) is 0 Å². The zero-order valence-electron chi connectivity index (χ0n) is 20.7. The number of nitrogens with zero attached hydrogens (tertiary/aromatic N) is 3. The molecule has 1 atom stereocenters. The molecule has 1 aliphatic heterocycles. The summed E-state index contributed by atoms with van der Waals surface area (Å²) >= 11 is 7.43. The number of aromatic nitrogens is 2. The van der Waals surface area contributed by atoms with Gasteiger partial charge in [0, 0.05) is 22.8 Å². The zero-order valence-corrected chi connectivity index (χ0v) is 22.3. The average molecular weight is 544 g/mol. The molecule has 190 valence electrons. The smallest absolute Gasteiger partial charge is 0.296 e. The Morgan fingerprint density at radius 1 is 1.13 bits per heavy atom. The Kier molecular flexibility index (Phi) is 5.63. The number of pyridine rings is 1. The highest BCUT2D eigenvalue weighted by Crippen LogP contribution is 2.44. The summed E-state index contributed by atoms with van der Waals surface area (Å²) in [6.45, 7) is 6.39. The van der Waals surface area contributed by atoms with Gasteiger partial charge in [-0.25, -0.2) is 4.98 Å². The van der Waals surface area contributed by atoms with Crippen LogP contribution in [0.2, 0.25) is 5.02 Å². The van der Waals surface area contributed by atoms with E-state index in [0.29, 0.717) is 26.7 Å². The molecule has 0 bridgehead atoms. The van der Waals surface area contributed by atoms with Crippen molar-refractivity contribution in [2.24, 2.45) is 0 Å². The van der Waals surface area contributed by atoms with Crippen LogP contribution in [-0.2, 0) is 10.2 Å². The maximum absolute atomic E-state index is 13.8. The maximum Gasteiger partial charge on any atom is 0.296 e. The lowest BCUT2D eigenvalue weighted by molar-refractivity contribution is -0.117. The normalized spacial score (nSPS) is 16.3. The summed E-state index contributed by atoms with van der Waals surface area (Å²) < 4.78 is 6.69. The van der Waals surface area contributed by atoms with E-state index >= 15 is 0 Å². The van der Waals surface area contributed by atoms with Gasteiger partial charge in [-0.1, -0.05) is 55.8 Å². The molecular formula is C29H22ClN3O4S. The quantitative estimate of drug-likeness (QED) is 0.241. The lowest BCUT2D eigenvalue weighted by Gasteiger charge is -2.23. The van der Waals surface area contributed by atoms with Gasteiger partial charge in [0.05, 0.1) is 21.8 Å². The molecule has 2 aromatic carbocycles. The SMILES string of the molecule is CC(C)(C)c1ccc2nc(N3C(=O)C(O)=C(C(=O)c4cc5cc(Cl)ccc5o4)C3c3cccnc3)sc2c1. The molecule has 1 aliphatic rings. The van der Waals surface area contributed by atoms with Gasteiger partial charge < -0.3 is 9.52 Å². The third-order valence-electron chi connectivity index (χ3n) is 6.60. The summed E-state index contributed by atoms with van der Waals surface area (Å²) in [7, 11) is 0. The van der Waals surface area contributed by atoms with E-state index in [1.54, 1.807) is 48.8 Å². The first-order valence-electron chi connectivity index (χ1n) is 11.9. The van der Waals surface area contributed by atoms with Crippen LogP contribution < -0.4 is 4.90 Å². The first-order valence-corrected chi connectivity index (χ1v) is 13.1. The van der Waals surface area contributed by atoms with Gasteiger partial charge in [-0.05, 0) is 59.0 Å². The maximum atomic E-state index is 13.8. The molecule has 38 heavy (non-hydrogen) atoms. The topological polar surface area (TPSA) is 96.5 Å². The molecule has 1 N–H and O–H groups in total. The molecule has 4 heterocycles. The van der Waals surface area contributed by atoms with Crippen LogP contribution in [0.15, 0.2) is 82.7 Å². The summed E-state index contributed by atoms with van der Waals surface area (Å²) in [6.07, 6.45) is 3.17. The summed E-state index contributed by atoms with van der Waals surface area (Å²) in [5, 5.41) is 12.6. The molecule has 0 fully saturated rings. The van der Waals surface area contributed by atoms with Crippen molar-refractivity contribution in [2.75, 3.05) is 4.90 Å². The van der Waals surface area contributed by atoms with Crippen LogP contribution in [0.1, 0.15) is 48.5 Å². The number of amides is 1. The number of hydrogen-bond acceptors (Lipinski definition) is 7. The Morgan fingerprint density at radius 2 is 1.95 bits per heavy atom. The second kappa shape index (κ2) is 8.79. The molecule has 0 aliphatic carbocycles. The highest BCUT2D eigenvalue weighted by Gasteiger charge is 2.46. The van der Waals surface area contributed by atoms with Gasteiger partial charge >= 0.3 is 0 Å². The largest absolute Gasteiger partial charge is 0.503 e. The number of rotatable bonds is 4. The van der Waals surface area contributed by atoms with Gasteiger partial charge in [0.15, 0.2) is 16.7 Å². The minimum absolute atomic E-state index is 0.00789. The van der Waals surface area contributed by atoms with Gasteiger partial charge in [-0.15, -0.1) is 0 Å². The van der Waals surface area contributed by atoms with Crippen molar-refractivity contribution in [3.63, 3.8) is 0 Å². The van der Waals surface area contributed by atoms with Crippen LogP contribution in [0.5, 0.6) is 0 Å². The molecule has 0 spiro atoms. The second-order valence-electron chi connectivity index (χ2n) is 10.2. The fourth-order valence-electron chi connectivity index (χ4n) is 4.63. The summed E-state index contributed by atoms with van der Waals surface area (Å²) in [5.74, 6) is -1.96. The van der Waals surface area contributed by atoms with Gasteiger partial charge in [-0.2, -0.15) is 0 Å². The number of Topliss-reactive ketones (excluding diaryl/α,β-unsaturated/α-hetero) is 1. The predicted octanol–water partition coefficient (Wildman–Crippen LogP) is 7.17. The number of carbonyl (C=O) groups is 2. The van der Waals surface area contributed by atoms with Crippen molar-refractivity contribution in [1.29, 1.82) is 0 Å². The Bertz CT molecular complexity index is 1780. The molecular weight excluding hydrogens is 522 g/mol. The standard InChI is InChI=1S/C29H22ClN3O4S/c1-29(2,3)17-6-8-19-22(13-17)38-28(32-19)33-24(15-5-4-10-31-14-15)23(26(35)27(33)36)25(34)21-12-16-11-18(30)7-9-20(16)37-21/h4-14,24,35H,1-3H3. The van der Waals surface area contributed by atoms with E-state index in [2.05, 4.69) is 31.8 Å². The van der Waals surface area contributed by atoms with Crippen LogP contribution >= 0.6 is 22.9 Å². The predicted molar refractivity (Wildman–Crippen MR) is 148 cm³/mol. The number of benzene rings is 2. The molecule has 1 amide bonds. The molecule has 0 saturated heterocycles. The van der Waals surface area contributed by atoms with Crippen molar-refractivity contribution >= 4 is 60.9 Å². The minimum atomic E-state index is -0.942. The van der Waals surface area contributed by atoms with Crippen molar-refractivity contribution in [1.82, 2.24) is 9.97 Å². The fourth-order valence-corrected chi connectivity index (χ4v) is 5.84. The number of ketones is 1. The molecule has 5 aromatic rings. The fraction of sp³-hybridized carbons (Fsp3) is 0.172. The number of carbonyl (C=O) groups excluding carboxylic acids is 2. The zero-order chi connectivity index (χ0) is 26.8. The molecule has 3 aromatic heterocycles. The molecule has 0 radical (unpaired) electrons. The Balaban J connectivity index is 1.48. The van der Waals surface area contributed by atoms with Crippen LogP contribution in [0.4, 0.5) is 5.13 Å². The summed E-state index contributed by atoms with van der Waals surface area (Å²) in [4.78, 5) is 37.6. The summed E-state index contributed by atoms with van der Waals surface area (Å²) in [5.41, 5.74) is 2.74. The first-order chi connectivity index (χ1) is 18.1. The van der Waals surface area contributed by atoms with E-state index in [1.807, 2.05) is 12.1 Å². The van der Waals surface area contributed by atoms with Crippen molar-refractivity contribution in [2.45, 2.75) is 32.2 Å². The lowest BCUT2D eigenvalue weighted by Crippen LogP contribution is -2.31. The van der Waals surface area contributed by atoms with Crippen molar-refractivity contribution in [3.05, 3.63) is 100 Å². The monoisotopic (exact) mass is 543 g/mol. The van der Waals surface area contributed by atoms with Crippen LogP contribution in [0.25, 0.3) is 21.2 Å². The number of thiazole rings is 1. The molecule has 9 heteroatoms. The Labute approximate surface area is 227 Å². The number of anilines is 1. The number of fused-ring (bicyclic) bond motifs is 2. The number of hydrogen-bond donors (Lipinski definition) is 1. The highest BCUT2D eigenvalue weighted by molar-refractivity contribution is 7.22. The highest BCUT2D eigenvalue weighted by atomic mass is 35.5. The Morgan fingerprint density at radius 3 is 2.68 bits per heavy atom. The van der Waals surface area contributed by atoms with Crippen LogP contribution in [-0.4, -0.2) is 26.8 Å². The average Bonchev–Trinajstić information content (AvgIpc) is 3.57. The number of aliphatic hydroxyl groups is 1. The van der Waals surface area contributed by atoms with Gasteiger partial charge in [0.1, 0.15) is 5.58 Å². The lowest BCUT2D eigenvalue weighted by atomic mass is 9.87. The van der Waals surface area contributed by atoms with Crippen molar-refractivity contribution in [3.8, 4) is 0 Å². The number of furan rings is 1. The second-order valence-corrected chi connectivity index (χ2v) is 11.6. The van der Waals surface area contributed by atoms with Gasteiger partial charge in [0.25, 0.3) is 5.91 Å². The molecule has 0 saturated carbocycles.